The lowest BCUT2D eigenvalue weighted by atomic mass is 9.92. The van der Waals surface area contributed by atoms with Crippen LogP contribution in [-0.4, -0.2) is 24.7 Å². The average Bonchev–Trinajstić information content (AvgIpc) is 2.57. The fourth-order valence-electron chi connectivity index (χ4n) is 2.45. The Labute approximate surface area is 134 Å². The summed E-state index contributed by atoms with van der Waals surface area (Å²) < 4.78 is 26.5. The van der Waals surface area contributed by atoms with Gasteiger partial charge in [-0.05, 0) is 42.2 Å². The molecule has 23 heavy (non-hydrogen) atoms. The van der Waals surface area contributed by atoms with Gasteiger partial charge in [0.15, 0.2) is 11.6 Å². The highest BCUT2D eigenvalue weighted by Crippen LogP contribution is 2.26. The molecule has 0 radical (unpaired) electrons. The number of carbonyl (C=O) groups excluding carboxylic acids is 1. The molecule has 0 aliphatic carbocycles. The molecule has 0 spiro atoms. The first-order chi connectivity index (χ1) is 11.0. The number of para-hydroxylation sites is 1. The molecule has 1 atom stereocenters. The zero-order valence-electron chi connectivity index (χ0n) is 12.9. The maximum atomic E-state index is 13.4. The van der Waals surface area contributed by atoms with Crippen LogP contribution in [0, 0.1) is 11.6 Å². The fraction of sp³-hybridized carbons (Fsp3) is 0.278. The highest BCUT2D eigenvalue weighted by atomic mass is 19.2. The van der Waals surface area contributed by atoms with Gasteiger partial charge in [-0.1, -0.05) is 24.3 Å². The van der Waals surface area contributed by atoms with Crippen LogP contribution in [0.15, 0.2) is 48.5 Å². The van der Waals surface area contributed by atoms with Gasteiger partial charge in [-0.2, -0.15) is 0 Å². The Bertz CT molecular complexity index is 661. The maximum Gasteiger partial charge on any atom is 0.227 e. The van der Waals surface area contributed by atoms with Gasteiger partial charge in [0.2, 0.25) is 5.91 Å². The lowest BCUT2D eigenvalue weighted by molar-refractivity contribution is -0.118. The number of hydrogen-bond acceptors (Lipinski definition) is 2. The highest BCUT2D eigenvalue weighted by molar-refractivity contribution is 5.93. The van der Waals surface area contributed by atoms with Crippen LogP contribution in [0.2, 0.25) is 0 Å². The molecule has 5 heteroatoms. The number of aliphatic hydroxyl groups is 1. The minimum Gasteiger partial charge on any atom is -0.396 e. The third-order valence-electron chi connectivity index (χ3n) is 3.83. The summed E-state index contributed by atoms with van der Waals surface area (Å²) in [5.74, 6) is -2.40. The topological polar surface area (TPSA) is 40.5 Å². The van der Waals surface area contributed by atoms with Crippen molar-refractivity contribution in [2.24, 2.45) is 0 Å². The zero-order valence-corrected chi connectivity index (χ0v) is 12.9. The number of amides is 1. The third kappa shape index (κ3) is 4.36. The smallest absolute Gasteiger partial charge is 0.227 e. The van der Waals surface area contributed by atoms with Crippen LogP contribution in [0.25, 0.3) is 0 Å². The number of carbonyl (C=O) groups is 1. The second-order valence-electron chi connectivity index (χ2n) is 5.38. The monoisotopic (exact) mass is 319 g/mol. The Balaban J connectivity index is 2.15. The summed E-state index contributed by atoms with van der Waals surface area (Å²) in [6.07, 6.45) is 0.413. The van der Waals surface area contributed by atoms with Gasteiger partial charge in [-0.15, -0.1) is 0 Å². The van der Waals surface area contributed by atoms with Crippen molar-refractivity contribution in [3.63, 3.8) is 0 Å². The molecule has 2 aromatic carbocycles. The van der Waals surface area contributed by atoms with Crippen molar-refractivity contribution in [3.8, 4) is 0 Å². The van der Waals surface area contributed by atoms with E-state index in [0.717, 1.165) is 17.8 Å². The average molecular weight is 319 g/mol. The predicted octanol–water partition coefficient (Wildman–Crippen LogP) is 3.48. The normalized spacial score (nSPS) is 12.0. The fourth-order valence-corrected chi connectivity index (χ4v) is 2.45. The number of benzene rings is 2. The van der Waals surface area contributed by atoms with Crippen molar-refractivity contribution in [1.29, 1.82) is 0 Å². The van der Waals surface area contributed by atoms with Crippen LogP contribution in [-0.2, 0) is 4.79 Å². The number of hydrogen-bond donors (Lipinski definition) is 1. The first kappa shape index (κ1) is 17.1. The lowest BCUT2D eigenvalue weighted by Gasteiger charge is -2.22. The predicted molar refractivity (Wildman–Crippen MR) is 85.3 cm³/mol. The van der Waals surface area contributed by atoms with Gasteiger partial charge in [-0.25, -0.2) is 8.78 Å². The Morgan fingerprint density at radius 3 is 2.43 bits per heavy atom. The quantitative estimate of drug-likeness (QED) is 0.885. The van der Waals surface area contributed by atoms with E-state index in [4.69, 9.17) is 0 Å². The molecule has 1 N–H and O–H groups in total. The molecular weight excluding hydrogens is 300 g/mol. The van der Waals surface area contributed by atoms with E-state index in [2.05, 4.69) is 0 Å². The number of aliphatic hydroxyl groups excluding tert-OH is 1. The molecule has 0 fully saturated rings. The van der Waals surface area contributed by atoms with E-state index in [1.165, 1.54) is 11.0 Å². The molecule has 1 unspecified atom stereocenters. The van der Waals surface area contributed by atoms with Gasteiger partial charge in [0.1, 0.15) is 0 Å². The van der Waals surface area contributed by atoms with E-state index < -0.39 is 11.6 Å². The first-order valence-corrected chi connectivity index (χ1v) is 7.40. The number of nitrogens with zero attached hydrogens (tertiary/aromatic N) is 1. The molecule has 0 aliphatic rings. The van der Waals surface area contributed by atoms with E-state index in [1.54, 1.807) is 7.05 Å². The minimum absolute atomic E-state index is 0.108. The summed E-state index contributed by atoms with van der Waals surface area (Å²) in [6.45, 7) is -0.133. The molecule has 0 heterocycles. The number of anilines is 1. The third-order valence-corrected chi connectivity index (χ3v) is 3.83. The second kappa shape index (κ2) is 7.83. The van der Waals surface area contributed by atoms with Crippen LogP contribution in [0.5, 0.6) is 0 Å². The van der Waals surface area contributed by atoms with Gasteiger partial charge < -0.3 is 10.0 Å². The highest BCUT2D eigenvalue weighted by Gasteiger charge is 2.20. The molecule has 0 aliphatic heterocycles. The molecule has 0 saturated carbocycles. The zero-order chi connectivity index (χ0) is 16.8. The lowest BCUT2D eigenvalue weighted by Crippen LogP contribution is -2.28. The maximum absolute atomic E-state index is 13.4. The Morgan fingerprint density at radius 1 is 1.13 bits per heavy atom. The van der Waals surface area contributed by atoms with Crippen molar-refractivity contribution >= 4 is 11.6 Å². The van der Waals surface area contributed by atoms with Gasteiger partial charge in [-0.3, -0.25) is 4.79 Å². The first-order valence-electron chi connectivity index (χ1n) is 7.40. The summed E-state index contributed by atoms with van der Waals surface area (Å²) in [7, 11) is 1.67. The van der Waals surface area contributed by atoms with Crippen molar-refractivity contribution in [3.05, 3.63) is 65.7 Å². The summed E-state index contributed by atoms with van der Waals surface area (Å²) in [5.41, 5.74) is 1.26. The van der Waals surface area contributed by atoms with Crippen molar-refractivity contribution in [2.45, 2.75) is 18.8 Å². The molecule has 2 aromatic rings. The summed E-state index contributed by atoms with van der Waals surface area (Å²) >= 11 is 0. The molecule has 0 saturated heterocycles. The van der Waals surface area contributed by atoms with Gasteiger partial charge in [0.25, 0.3) is 0 Å². The minimum atomic E-state index is -0.950. The SMILES string of the molecule is CN(C(=O)CC(CCO)c1ccc(F)c(F)c1)c1ccccc1. The molecule has 122 valence electrons. The van der Waals surface area contributed by atoms with Gasteiger partial charge in [0.05, 0.1) is 0 Å². The van der Waals surface area contributed by atoms with Gasteiger partial charge >= 0.3 is 0 Å². The van der Waals surface area contributed by atoms with E-state index in [-0.39, 0.29) is 24.9 Å². The van der Waals surface area contributed by atoms with E-state index in [9.17, 15) is 18.7 Å². The van der Waals surface area contributed by atoms with E-state index >= 15 is 0 Å². The van der Waals surface area contributed by atoms with E-state index in [1.807, 2.05) is 30.3 Å². The molecule has 3 nitrogen and oxygen atoms in total. The van der Waals surface area contributed by atoms with Crippen molar-refractivity contribution < 1.29 is 18.7 Å². The number of halogens is 2. The van der Waals surface area contributed by atoms with Crippen LogP contribution < -0.4 is 4.90 Å². The Hall–Kier alpha value is -2.27. The van der Waals surface area contributed by atoms with Crippen molar-refractivity contribution in [1.82, 2.24) is 0 Å². The van der Waals surface area contributed by atoms with Crippen LogP contribution in [0.3, 0.4) is 0 Å². The summed E-state index contributed by atoms with van der Waals surface area (Å²) in [4.78, 5) is 13.9. The Kier molecular flexibility index (Phi) is 5.82. The van der Waals surface area contributed by atoms with E-state index in [0.29, 0.717) is 12.0 Å². The van der Waals surface area contributed by atoms with Crippen LogP contribution in [0.4, 0.5) is 14.5 Å². The molecular formula is C18H19F2NO2. The Morgan fingerprint density at radius 2 is 1.83 bits per heavy atom. The molecule has 0 aromatic heterocycles. The van der Waals surface area contributed by atoms with Crippen LogP contribution >= 0.6 is 0 Å². The largest absolute Gasteiger partial charge is 0.396 e. The van der Waals surface area contributed by atoms with Crippen LogP contribution in [0.1, 0.15) is 24.3 Å². The standard InChI is InChI=1S/C18H19F2NO2/c1-21(15-5-3-2-4-6-15)18(23)12-14(9-10-22)13-7-8-16(19)17(20)11-13/h2-8,11,14,22H,9-10,12H2,1H3. The molecule has 1 amide bonds. The number of rotatable bonds is 6. The van der Waals surface area contributed by atoms with Gasteiger partial charge in [0, 0.05) is 25.8 Å². The summed E-state index contributed by atoms with van der Waals surface area (Å²) in [5, 5.41) is 9.20. The second-order valence-corrected chi connectivity index (χ2v) is 5.38. The molecule has 0 bridgehead atoms. The molecule has 2 rings (SSSR count). The summed E-state index contributed by atoms with van der Waals surface area (Å²) in [6, 6.07) is 12.7. The van der Waals surface area contributed by atoms with Crippen molar-refractivity contribution in [2.75, 3.05) is 18.6 Å².